The Balaban J connectivity index is 2.07. The van der Waals surface area contributed by atoms with Crippen LogP contribution in [0.25, 0.3) is 22.3 Å². The quantitative estimate of drug-likeness (QED) is 0.699. The fourth-order valence-corrected chi connectivity index (χ4v) is 2.81. The van der Waals surface area contributed by atoms with Crippen molar-refractivity contribution in [3.05, 3.63) is 75.6 Å². The summed E-state index contributed by atoms with van der Waals surface area (Å²) in [5.74, 6) is -0.145. The second-order valence-electron chi connectivity index (χ2n) is 5.87. The minimum Gasteiger partial charge on any atom is -0.384 e. The maximum Gasteiger partial charge on any atom is 0.416 e. The van der Waals surface area contributed by atoms with Gasteiger partial charge in [-0.2, -0.15) is 23.7 Å². The van der Waals surface area contributed by atoms with E-state index in [9.17, 15) is 28.5 Å². The van der Waals surface area contributed by atoms with E-state index in [4.69, 9.17) is 5.73 Å². The van der Waals surface area contributed by atoms with Crippen molar-refractivity contribution in [2.24, 2.45) is 0 Å². The molecular weight excluding hydrogens is 369 g/mol. The van der Waals surface area contributed by atoms with Gasteiger partial charge in [-0.1, -0.05) is 36.4 Å². The van der Waals surface area contributed by atoms with Crippen LogP contribution in [0, 0.1) is 22.7 Å². The summed E-state index contributed by atoms with van der Waals surface area (Å²) in [6, 6.07) is 14.7. The molecule has 0 aliphatic carbocycles. The van der Waals surface area contributed by atoms with Crippen LogP contribution in [0.15, 0.2) is 53.3 Å². The van der Waals surface area contributed by atoms with Crippen molar-refractivity contribution in [3.8, 4) is 34.4 Å². The van der Waals surface area contributed by atoms with Gasteiger partial charge in [-0.25, -0.2) is 0 Å². The second kappa shape index (κ2) is 6.93. The van der Waals surface area contributed by atoms with E-state index in [1.807, 2.05) is 6.07 Å². The third-order valence-electron chi connectivity index (χ3n) is 4.19. The molecule has 1 aromatic heterocycles. The lowest BCUT2D eigenvalue weighted by Gasteiger charge is -2.10. The van der Waals surface area contributed by atoms with Crippen LogP contribution in [-0.2, 0) is 6.18 Å². The largest absolute Gasteiger partial charge is 0.416 e. The van der Waals surface area contributed by atoms with Crippen LogP contribution < -0.4 is 11.3 Å². The van der Waals surface area contributed by atoms with Gasteiger partial charge < -0.3 is 10.7 Å². The molecule has 3 N–H and O–H groups in total. The molecule has 5 nitrogen and oxygen atoms in total. The highest BCUT2D eigenvalue weighted by Gasteiger charge is 2.30. The monoisotopic (exact) mass is 380 g/mol. The lowest BCUT2D eigenvalue weighted by Crippen LogP contribution is -2.16. The molecule has 28 heavy (non-hydrogen) atoms. The Morgan fingerprint density at radius 3 is 1.75 bits per heavy atom. The van der Waals surface area contributed by atoms with E-state index in [0.717, 1.165) is 12.1 Å². The van der Waals surface area contributed by atoms with Crippen molar-refractivity contribution in [3.63, 3.8) is 0 Å². The van der Waals surface area contributed by atoms with Gasteiger partial charge in [0.1, 0.15) is 29.1 Å². The second-order valence-corrected chi connectivity index (χ2v) is 5.87. The van der Waals surface area contributed by atoms with Crippen LogP contribution in [0.1, 0.15) is 16.7 Å². The number of aromatic nitrogens is 1. The van der Waals surface area contributed by atoms with Crippen molar-refractivity contribution in [1.82, 2.24) is 4.98 Å². The summed E-state index contributed by atoms with van der Waals surface area (Å²) in [7, 11) is 0. The molecule has 0 saturated heterocycles. The SMILES string of the molecule is N#Cc1c(N)[nH]c(=O)c(C#N)c1-c1ccc(-c2ccc(C(F)(F)F)cc2)cc1. The van der Waals surface area contributed by atoms with Gasteiger partial charge in [-0.15, -0.1) is 0 Å². The summed E-state index contributed by atoms with van der Waals surface area (Å²) in [5.41, 5.74) is 5.69. The van der Waals surface area contributed by atoms with E-state index in [1.165, 1.54) is 12.1 Å². The molecule has 0 aliphatic rings. The molecule has 0 fully saturated rings. The Kier molecular flexibility index (Phi) is 4.64. The smallest absolute Gasteiger partial charge is 0.384 e. The fourth-order valence-electron chi connectivity index (χ4n) is 2.81. The number of rotatable bonds is 2. The first-order valence-corrected chi connectivity index (χ1v) is 7.90. The highest BCUT2D eigenvalue weighted by atomic mass is 19.4. The number of pyridine rings is 1. The van der Waals surface area contributed by atoms with Gasteiger partial charge in [0.05, 0.1) is 5.56 Å². The van der Waals surface area contributed by atoms with Gasteiger partial charge in [0.15, 0.2) is 0 Å². The summed E-state index contributed by atoms with van der Waals surface area (Å²) in [6.07, 6.45) is -4.41. The maximum atomic E-state index is 12.7. The van der Waals surface area contributed by atoms with Crippen LogP contribution in [0.3, 0.4) is 0 Å². The van der Waals surface area contributed by atoms with Gasteiger partial charge in [0, 0.05) is 5.56 Å². The average Bonchev–Trinajstić information content (AvgIpc) is 2.67. The molecule has 1 heterocycles. The highest BCUT2D eigenvalue weighted by molar-refractivity contribution is 5.81. The molecule has 0 bridgehead atoms. The number of nitriles is 2. The van der Waals surface area contributed by atoms with E-state index in [0.29, 0.717) is 16.7 Å². The lowest BCUT2D eigenvalue weighted by molar-refractivity contribution is -0.137. The van der Waals surface area contributed by atoms with E-state index in [1.54, 1.807) is 30.3 Å². The van der Waals surface area contributed by atoms with Crippen LogP contribution >= 0.6 is 0 Å². The van der Waals surface area contributed by atoms with Gasteiger partial charge in [0.2, 0.25) is 0 Å². The van der Waals surface area contributed by atoms with Crippen molar-refractivity contribution >= 4 is 5.82 Å². The van der Waals surface area contributed by atoms with Gasteiger partial charge in [-0.05, 0) is 28.8 Å². The van der Waals surface area contributed by atoms with Crippen molar-refractivity contribution in [2.75, 3.05) is 5.73 Å². The molecule has 3 rings (SSSR count). The van der Waals surface area contributed by atoms with Crippen LogP contribution in [0.5, 0.6) is 0 Å². The molecule has 0 saturated carbocycles. The van der Waals surface area contributed by atoms with Gasteiger partial charge in [-0.3, -0.25) is 4.79 Å². The molecule has 0 aliphatic heterocycles. The fraction of sp³-hybridized carbons (Fsp3) is 0.0500. The lowest BCUT2D eigenvalue weighted by atomic mass is 9.94. The molecule has 8 heteroatoms. The summed E-state index contributed by atoms with van der Waals surface area (Å²) >= 11 is 0. The van der Waals surface area contributed by atoms with E-state index < -0.39 is 17.3 Å². The number of hydrogen-bond donors (Lipinski definition) is 2. The van der Waals surface area contributed by atoms with Crippen LogP contribution in [0.4, 0.5) is 19.0 Å². The number of halogens is 3. The number of alkyl halides is 3. The number of H-pyrrole nitrogens is 1. The van der Waals surface area contributed by atoms with Gasteiger partial charge in [0.25, 0.3) is 5.56 Å². The Morgan fingerprint density at radius 1 is 0.821 bits per heavy atom. The molecular formula is C20H11F3N4O. The molecule has 2 aromatic carbocycles. The molecule has 0 unspecified atom stereocenters. The zero-order valence-corrected chi connectivity index (χ0v) is 14.1. The number of nitrogens with one attached hydrogen (secondary N) is 1. The number of nitrogens with zero attached hydrogens (tertiary/aromatic N) is 2. The minimum absolute atomic E-state index is 0.0292. The summed E-state index contributed by atoms with van der Waals surface area (Å²) in [5, 5.41) is 18.6. The molecule has 138 valence electrons. The number of anilines is 1. The Morgan fingerprint density at radius 2 is 1.29 bits per heavy atom. The normalized spacial score (nSPS) is 10.9. The third kappa shape index (κ3) is 3.31. The topological polar surface area (TPSA) is 106 Å². The first-order chi connectivity index (χ1) is 13.3. The summed E-state index contributed by atoms with van der Waals surface area (Å²) in [4.78, 5) is 14.2. The average molecular weight is 380 g/mol. The maximum absolute atomic E-state index is 12.7. The summed E-state index contributed by atoms with van der Waals surface area (Å²) in [6.45, 7) is 0. The summed E-state index contributed by atoms with van der Waals surface area (Å²) < 4.78 is 38.0. The number of benzene rings is 2. The minimum atomic E-state index is -4.41. The van der Waals surface area contributed by atoms with Gasteiger partial charge >= 0.3 is 6.18 Å². The molecule has 3 aromatic rings. The Hall–Kier alpha value is -4.04. The van der Waals surface area contributed by atoms with E-state index >= 15 is 0 Å². The predicted molar refractivity (Wildman–Crippen MR) is 96.8 cm³/mol. The number of nitrogens with two attached hydrogens (primary N) is 1. The first kappa shape index (κ1) is 18.7. The molecule has 0 amide bonds. The first-order valence-electron chi connectivity index (χ1n) is 7.90. The zero-order chi connectivity index (χ0) is 20.5. The molecule has 0 atom stereocenters. The molecule has 0 radical (unpaired) electrons. The molecule has 0 spiro atoms. The number of hydrogen-bond acceptors (Lipinski definition) is 4. The van der Waals surface area contributed by atoms with Crippen LogP contribution in [0.2, 0.25) is 0 Å². The van der Waals surface area contributed by atoms with Crippen molar-refractivity contribution in [2.45, 2.75) is 6.18 Å². The van der Waals surface area contributed by atoms with Crippen molar-refractivity contribution in [1.29, 1.82) is 10.5 Å². The van der Waals surface area contributed by atoms with Crippen molar-refractivity contribution < 1.29 is 13.2 Å². The predicted octanol–water partition coefficient (Wildman–Crippen LogP) is 4.05. The Bertz CT molecular complexity index is 1180. The zero-order valence-electron chi connectivity index (χ0n) is 14.1. The Labute approximate surface area is 157 Å². The number of nitrogen functional groups attached to an aromatic ring is 1. The third-order valence-corrected chi connectivity index (χ3v) is 4.19. The highest BCUT2D eigenvalue weighted by Crippen LogP contribution is 2.33. The van der Waals surface area contributed by atoms with E-state index in [2.05, 4.69) is 4.98 Å². The standard InChI is InChI=1S/C20H11F3N4O/c21-20(22,23)14-7-5-12(6-8-14)11-1-3-13(4-2-11)17-15(9-24)18(26)27-19(28)16(17)10-25/h1-8H,(H3,26,27,28). The van der Waals surface area contributed by atoms with E-state index in [-0.39, 0.29) is 22.5 Å². The van der Waals surface area contributed by atoms with Crippen LogP contribution in [-0.4, -0.2) is 4.98 Å². The number of aromatic amines is 1.